The van der Waals surface area contributed by atoms with Gasteiger partial charge in [0.15, 0.2) is 0 Å². The van der Waals surface area contributed by atoms with Gasteiger partial charge in [0, 0.05) is 13.2 Å². The Balaban J connectivity index is 2.01. The highest BCUT2D eigenvalue weighted by molar-refractivity contribution is 4.98. The van der Waals surface area contributed by atoms with E-state index in [9.17, 15) is 0 Å². The molecule has 0 radical (unpaired) electrons. The topological polar surface area (TPSA) is 9.23 Å². The number of ether oxygens (including phenoxy) is 1. The molecule has 0 N–H and O–H groups in total. The van der Waals surface area contributed by atoms with Crippen LogP contribution in [0.2, 0.25) is 0 Å². The molecule has 1 fully saturated rings. The summed E-state index contributed by atoms with van der Waals surface area (Å²) in [6.45, 7) is 1.99. The Morgan fingerprint density at radius 1 is 1.00 bits per heavy atom. The predicted octanol–water partition coefficient (Wildman–Crippen LogP) is 2.52. The lowest BCUT2D eigenvalue weighted by Gasteiger charge is -2.38. The summed E-state index contributed by atoms with van der Waals surface area (Å²) in [7, 11) is 0. The summed E-state index contributed by atoms with van der Waals surface area (Å²) in [6, 6.07) is 0. The molecule has 0 saturated carbocycles. The number of hydrogen-bond donors (Lipinski definition) is 0. The maximum absolute atomic E-state index is 5.37. The SMILES string of the molecule is C1=CCC2(CC1)CCOCC2. The average Bonchev–Trinajstić information content (AvgIpc) is 2.07. The van der Waals surface area contributed by atoms with Gasteiger partial charge in [0.2, 0.25) is 0 Å². The first-order valence-corrected chi connectivity index (χ1v) is 4.64. The molecule has 1 heteroatoms. The smallest absolute Gasteiger partial charge is 0.0471 e. The van der Waals surface area contributed by atoms with Crippen molar-refractivity contribution in [1.82, 2.24) is 0 Å². The van der Waals surface area contributed by atoms with Gasteiger partial charge in [-0.25, -0.2) is 0 Å². The van der Waals surface area contributed by atoms with Crippen LogP contribution in [0.4, 0.5) is 0 Å². The standard InChI is InChI=1S/C10H16O/c1-2-4-10(5-3-1)6-8-11-9-7-10/h1-2H,3-9H2. The third-order valence-corrected chi connectivity index (χ3v) is 3.11. The Morgan fingerprint density at radius 3 is 2.45 bits per heavy atom. The molecule has 2 aliphatic rings. The second-order valence-corrected chi connectivity index (χ2v) is 3.83. The van der Waals surface area contributed by atoms with Crippen LogP contribution in [0.25, 0.3) is 0 Å². The highest BCUT2D eigenvalue weighted by atomic mass is 16.5. The van der Waals surface area contributed by atoms with E-state index in [1.807, 2.05) is 0 Å². The van der Waals surface area contributed by atoms with E-state index in [1.54, 1.807) is 0 Å². The van der Waals surface area contributed by atoms with Crippen LogP contribution in [0.5, 0.6) is 0 Å². The van der Waals surface area contributed by atoms with Crippen LogP contribution < -0.4 is 0 Å². The molecule has 1 aliphatic heterocycles. The summed E-state index contributed by atoms with van der Waals surface area (Å²) in [5.74, 6) is 0. The monoisotopic (exact) mass is 152 g/mol. The summed E-state index contributed by atoms with van der Waals surface area (Å²) in [4.78, 5) is 0. The summed E-state index contributed by atoms with van der Waals surface area (Å²) in [6.07, 6.45) is 11.2. The molecule has 1 aliphatic carbocycles. The van der Waals surface area contributed by atoms with E-state index < -0.39 is 0 Å². The van der Waals surface area contributed by atoms with Crippen molar-refractivity contribution in [2.45, 2.75) is 32.1 Å². The van der Waals surface area contributed by atoms with Gasteiger partial charge in [-0.3, -0.25) is 0 Å². The van der Waals surface area contributed by atoms with Crippen LogP contribution in [-0.2, 0) is 4.74 Å². The van der Waals surface area contributed by atoms with Gasteiger partial charge in [0.1, 0.15) is 0 Å². The normalized spacial score (nSPS) is 29.1. The van der Waals surface area contributed by atoms with Gasteiger partial charge in [-0.05, 0) is 37.5 Å². The van der Waals surface area contributed by atoms with Crippen LogP contribution in [-0.4, -0.2) is 13.2 Å². The minimum atomic E-state index is 0.646. The number of rotatable bonds is 0. The highest BCUT2D eigenvalue weighted by Crippen LogP contribution is 2.41. The molecule has 0 unspecified atom stereocenters. The molecular weight excluding hydrogens is 136 g/mol. The molecule has 0 bridgehead atoms. The Labute approximate surface area is 68.4 Å². The highest BCUT2D eigenvalue weighted by Gasteiger charge is 2.31. The van der Waals surface area contributed by atoms with Gasteiger partial charge in [0.25, 0.3) is 0 Å². The Bertz CT molecular complexity index is 154. The summed E-state index contributed by atoms with van der Waals surface area (Å²) in [5.41, 5.74) is 0.646. The van der Waals surface area contributed by atoms with E-state index in [1.165, 1.54) is 32.1 Å². The lowest BCUT2D eigenvalue weighted by atomic mass is 9.72. The number of hydrogen-bond acceptors (Lipinski definition) is 1. The quantitative estimate of drug-likeness (QED) is 0.485. The molecule has 1 saturated heterocycles. The van der Waals surface area contributed by atoms with Crippen molar-refractivity contribution in [3.05, 3.63) is 12.2 Å². The van der Waals surface area contributed by atoms with Gasteiger partial charge in [-0.2, -0.15) is 0 Å². The molecule has 0 amide bonds. The maximum Gasteiger partial charge on any atom is 0.0471 e. The van der Waals surface area contributed by atoms with Crippen LogP contribution in [0.3, 0.4) is 0 Å². The zero-order valence-corrected chi connectivity index (χ0v) is 7.01. The maximum atomic E-state index is 5.37. The molecule has 11 heavy (non-hydrogen) atoms. The van der Waals surface area contributed by atoms with Crippen molar-refractivity contribution >= 4 is 0 Å². The largest absolute Gasteiger partial charge is 0.381 e. The van der Waals surface area contributed by atoms with E-state index >= 15 is 0 Å². The third-order valence-electron chi connectivity index (χ3n) is 3.11. The van der Waals surface area contributed by atoms with Crippen LogP contribution in [0.1, 0.15) is 32.1 Å². The summed E-state index contributed by atoms with van der Waals surface area (Å²) < 4.78 is 5.37. The van der Waals surface area contributed by atoms with Gasteiger partial charge in [-0.1, -0.05) is 12.2 Å². The van der Waals surface area contributed by atoms with E-state index in [-0.39, 0.29) is 0 Å². The summed E-state index contributed by atoms with van der Waals surface area (Å²) >= 11 is 0. The van der Waals surface area contributed by atoms with E-state index in [0.717, 1.165) is 13.2 Å². The second kappa shape index (κ2) is 2.98. The van der Waals surface area contributed by atoms with Crippen LogP contribution in [0, 0.1) is 5.41 Å². The molecule has 0 atom stereocenters. The van der Waals surface area contributed by atoms with Crippen molar-refractivity contribution in [1.29, 1.82) is 0 Å². The fourth-order valence-corrected chi connectivity index (χ4v) is 2.20. The van der Waals surface area contributed by atoms with E-state index in [2.05, 4.69) is 12.2 Å². The zero-order valence-electron chi connectivity index (χ0n) is 7.01. The van der Waals surface area contributed by atoms with Gasteiger partial charge >= 0.3 is 0 Å². The lowest BCUT2D eigenvalue weighted by molar-refractivity contribution is 0.0101. The zero-order chi connectivity index (χ0) is 7.57. The van der Waals surface area contributed by atoms with Gasteiger partial charge < -0.3 is 4.74 Å². The molecule has 1 spiro atoms. The van der Waals surface area contributed by atoms with Crippen LogP contribution >= 0.6 is 0 Å². The van der Waals surface area contributed by atoms with E-state index in [4.69, 9.17) is 4.74 Å². The Morgan fingerprint density at radius 2 is 1.82 bits per heavy atom. The van der Waals surface area contributed by atoms with Crippen molar-refractivity contribution in [2.24, 2.45) is 5.41 Å². The van der Waals surface area contributed by atoms with E-state index in [0.29, 0.717) is 5.41 Å². The molecule has 1 nitrogen and oxygen atoms in total. The fourth-order valence-electron chi connectivity index (χ4n) is 2.20. The van der Waals surface area contributed by atoms with Gasteiger partial charge in [-0.15, -0.1) is 0 Å². The fraction of sp³-hybridized carbons (Fsp3) is 0.800. The Kier molecular flexibility index (Phi) is 1.99. The third kappa shape index (κ3) is 1.48. The first-order chi connectivity index (χ1) is 5.41. The van der Waals surface area contributed by atoms with Crippen molar-refractivity contribution in [3.63, 3.8) is 0 Å². The van der Waals surface area contributed by atoms with Crippen LogP contribution in [0.15, 0.2) is 12.2 Å². The first kappa shape index (κ1) is 7.35. The molecule has 0 aromatic carbocycles. The minimum absolute atomic E-state index is 0.646. The van der Waals surface area contributed by atoms with Crippen molar-refractivity contribution < 1.29 is 4.74 Å². The van der Waals surface area contributed by atoms with Crippen molar-refractivity contribution in [2.75, 3.05) is 13.2 Å². The van der Waals surface area contributed by atoms with Gasteiger partial charge in [0.05, 0.1) is 0 Å². The predicted molar refractivity (Wildman–Crippen MR) is 45.5 cm³/mol. The summed E-state index contributed by atoms with van der Waals surface area (Å²) in [5, 5.41) is 0. The van der Waals surface area contributed by atoms with Crippen molar-refractivity contribution in [3.8, 4) is 0 Å². The number of allylic oxidation sites excluding steroid dienone is 2. The molecule has 0 aromatic rings. The molecule has 2 rings (SSSR count). The molecule has 62 valence electrons. The average molecular weight is 152 g/mol. The molecular formula is C10H16O. The lowest BCUT2D eigenvalue weighted by Crippen LogP contribution is -2.30. The first-order valence-electron chi connectivity index (χ1n) is 4.64. The second-order valence-electron chi connectivity index (χ2n) is 3.83. The Hall–Kier alpha value is -0.300. The molecule has 1 heterocycles. The minimum Gasteiger partial charge on any atom is -0.381 e. The molecule has 0 aromatic heterocycles.